The van der Waals surface area contributed by atoms with Crippen molar-refractivity contribution in [3.05, 3.63) is 72.1 Å². The smallest absolute Gasteiger partial charge is 0.262 e. The van der Waals surface area contributed by atoms with E-state index in [-0.39, 0.29) is 11.3 Å². The lowest BCUT2D eigenvalue weighted by molar-refractivity contribution is 0.0799. The number of hydrogen-bond acceptors (Lipinski definition) is 3. The van der Waals surface area contributed by atoms with Crippen molar-refractivity contribution in [2.24, 2.45) is 5.92 Å². The molecule has 1 atom stereocenters. The third-order valence-corrected chi connectivity index (χ3v) is 4.89. The van der Waals surface area contributed by atoms with Gasteiger partial charge >= 0.3 is 0 Å². The number of hydrogen-bond donors (Lipinski definition) is 0. The van der Waals surface area contributed by atoms with Crippen LogP contribution in [0, 0.1) is 5.92 Å². The fourth-order valence-electron chi connectivity index (χ4n) is 2.63. The van der Waals surface area contributed by atoms with Gasteiger partial charge in [-0.1, -0.05) is 56.5 Å². The van der Waals surface area contributed by atoms with Crippen molar-refractivity contribution in [3.8, 4) is 0 Å². The van der Waals surface area contributed by atoms with E-state index in [0.29, 0.717) is 11.5 Å². The summed E-state index contributed by atoms with van der Waals surface area (Å²) in [5.41, 5.74) is 2.56. The lowest BCUT2D eigenvalue weighted by Gasteiger charge is -2.37. The molecular formula is C20H24N2OS. The lowest BCUT2D eigenvalue weighted by Crippen LogP contribution is -2.41. The van der Waals surface area contributed by atoms with Crippen LogP contribution >= 0.6 is 11.8 Å². The van der Waals surface area contributed by atoms with Gasteiger partial charge in [-0.15, -0.1) is 0 Å². The molecule has 0 aliphatic carbocycles. The monoisotopic (exact) mass is 340 g/mol. The van der Waals surface area contributed by atoms with Gasteiger partial charge in [0.25, 0.3) is 5.91 Å². The molecule has 0 saturated carbocycles. The molecule has 0 saturated heterocycles. The summed E-state index contributed by atoms with van der Waals surface area (Å²) in [5, 5.41) is 0.610. The fourth-order valence-corrected chi connectivity index (χ4v) is 3.88. The first-order chi connectivity index (χ1) is 11.5. The number of rotatable bonds is 5. The molecule has 3 nitrogen and oxygen atoms in total. The van der Waals surface area contributed by atoms with Gasteiger partial charge < -0.3 is 0 Å². The Bertz CT molecular complexity index is 716. The lowest BCUT2D eigenvalue weighted by atomic mass is 10.1. The van der Waals surface area contributed by atoms with Crippen LogP contribution in [0.4, 0.5) is 0 Å². The maximum atomic E-state index is 13.1. The largest absolute Gasteiger partial charge is 0.292 e. The molecule has 24 heavy (non-hydrogen) atoms. The highest BCUT2D eigenvalue weighted by molar-refractivity contribution is 8.00. The van der Waals surface area contributed by atoms with Crippen LogP contribution in [-0.4, -0.2) is 21.2 Å². The zero-order valence-corrected chi connectivity index (χ0v) is 15.5. The average molecular weight is 340 g/mol. The molecule has 2 heterocycles. The van der Waals surface area contributed by atoms with Gasteiger partial charge in [0, 0.05) is 11.9 Å². The second-order valence-electron chi connectivity index (χ2n) is 5.83. The van der Waals surface area contributed by atoms with Gasteiger partial charge in [-0.05, 0) is 43.5 Å². The van der Waals surface area contributed by atoms with E-state index >= 15 is 0 Å². The van der Waals surface area contributed by atoms with E-state index in [1.54, 1.807) is 24.0 Å². The van der Waals surface area contributed by atoms with Gasteiger partial charge in [-0.3, -0.25) is 9.69 Å². The Kier molecular flexibility index (Phi) is 6.21. The first kappa shape index (κ1) is 18.3. The Labute approximate surface area is 148 Å². The third kappa shape index (κ3) is 3.70. The van der Waals surface area contributed by atoms with Crippen molar-refractivity contribution in [2.45, 2.75) is 38.1 Å². The van der Waals surface area contributed by atoms with Crippen LogP contribution in [-0.2, 0) is 0 Å². The molecule has 0 bridgehead atoms. The summed E-state index contributed by atoms with van der Waals surface area (Å²) in [6.07, 6.45) is 11.6. The van der Waals surface area contributed by atoms with Gasteiger partial charge in [0.05, 0.1) is 5.56 Å². The van der Waals surface area contributed by atoms with Crippen molar-refractivity contribution in [1.29, 1.82) is 0 Å². The Morgan fingerprint density at radius 1 is 1.42 bits per heavy atom. The van der Waals surface area contributed by atoms with Crippen molar-refractivity contribution in [2.75, 3.05) is 0 Å². The average Bonchev–Trinajstić information content (AvgIpc) is 2.58. The Hall–Kier alpha value is -2.07. The highest BCUT2D eigenvalue weighted by Gasteiger charge is 2.36. The number of fused-ring (bicyclic) bond motifs is 1. The molecule has 1 aromatic heterocycles. The predicted octanol–water partition coefficient (Wildman–Crippen LogP) is 5.20. The number of nitrogens with zero attached hydrogens (tertiary/aromatic N) is 2. The molecule has 1 aliphatic rings. The zero-order chi connectivity index (χ0) is 17.7. The minimum atomic E-state index is -0.165. The predicted molar refractivity (Wildman–Crippen MR) is 102 cm³/mol. The second-order valence-corrected chi connectivity index (χ2v) is 6.90. The number of carbonyl (C=O) groups is 1. The molecule has 0 spiro atoms. The fraction of sp³-hybridized carbons (Fsp3) is 0.300. The Morgan fingerprint density at radius 3 is 2.75 bits per heavy atom. The highest BCUT2D eigenvalue weighted by atomic mass is 32.2. The van der Waals surface area contributed by atoms with E-state index < -0.39 is 0 Å². The van der Waals surface area contributed by atoms with Crippen LogP contribution in [0.15, 0.2) is 71.6 Å². The summed E-state index contributed by atoms with van der Waals surface area (Å²) in [6.45, 7) is 12.1. The van der Waals surface area contributed by atoms with E-state index in [1.165, 1.54) is 0 Å². The minimum absolute atomic E-state index is 0.0236. The SMILES string of the molecule is C=C/C(=C\C(C)C)C1Sc2ncccc2C(=O)N1C(/C=C\C)=C/C. The van der Waals surface area contributed by atoms with Crippen molar-refractivity contribution >= 4 is 17.7 Å². The summed E-state index contributed by atoms with van der Waals surface area (Å²) in [6, 6.07) is 3.64. The van der Waals surface area contributed by atoms with E-state index in [1.807, 2.05) is 49.1 Å². The summed E-state index contributed by atoms with van der Waals surface area (Å²) in [5.74, 6) is 0.348. The van der Waals surface area contributed by atoms with Crippen LogP contribution < -0.4 is 0 Å². The van der Waals surface area contributed by atoms with E-state index in [2.05, 4.69) is 31.5 Å². The number of allylic oxidation sites excluding steroid dienone is 4. The van der Waals surface area contributed by atoms with Crippen LogP contribution in [0.2, 0.25) is 0 Å². The molecule has 126 valence electrons. The maximum Gasteiger partial charge on any atom is 0.262 e. The normalized spacial score (nSPS) is 19.1. The maximum absolute atomic E-state index is 13.1. The van der Waals surface area contributed by atoms with Gasteiger partial charge in [0.2, 0.25) is 0 Å². The van der Waals surface area contributed by atoms with Gasteiger partial charge in [0.1, 0.15) is 10.4 Å². The molecule has 2 rings (SSSR count). The number of aromatic nitrogens is 1. The molecular weight excluding hydrogens is 316 g/mol. The zero-order valence-electron chi connectivity index (χ0n) is 14.7. The number of carbonyl (C=O) groups excluding carboxylic acids is 1. The Balaban J connectivity index is 2.61. The van der Waals surface area contributed by atoms with Crippen molar-refractivity contribution in [3.63, 3.8) is 0 Å². The highest BCUT2D eigenvalue weighted by Crippen LogP contribution is 2.40. The summed E-state index contributed by atoms with van der Waals surface area (Å²) >= 11 is 1.59. The first-order valence-corrected chi connectivity index (χ1v) is 8.99. The van der Waals surface area contributed by atoms with Crippen LogP contribution in [0.1, 0.15) is 38.1 Å². The van der Waals surface area contributed by atoms with Gasteiger partial charge in [-0.2, -0.15) is 0 Å². The molecule has 1 amide bonds. The van der Waals surface area contributed by atoms with Crippen LogP contribution in [0.25, 0.3) is 0 Å². The molecule has 0 aromatic carbocycles. The molecule has 0 radical (unpaired) electrons. The molecule has 1 unspecified atom stereocenters. The number of thioether (sulfide) groups is 1. The molecule has 4 heteroatoms. The molecule has 1 aromatic rings. The summed E-state index contributed by atoms with van der Waals surface area (Å²) < 4.78 is 0. The third-order valence-electron chi connectivity index (χ3n) is 3.64. The Morgan fingerprint density at radius 2 is 2.17 bits per heavy atom. The number of pyridine rings is 1. The summed E-state index contributed by atoms with van der Waals surface area (Å²) in [4.78, 5) is 19.4. The van der Waals surface area contributed by atoms with Crippen molar-refractivity contribution in [1.82, 2.24) is 9.88 Å². The van der Waals surface area contributed by atoms with Gasteiger partial charge in [-0.25, -0.2) is 4.98 Å². The topological polar surface area (TPSA) is 33.2 Å². The van der Waals surface area contributed by atoms with Crippen molar-refractivity contribution < 1.29 is 4.79 Å². The molecule has 0 fully saturated rings. The molecule has 1 aliphatic heterocycles. The van der Waals surface area contributed by atoms with Crippen LogP contribution in [0.3, 0.4) is 0 Å². The first-order valence-electron chi connectivity index (χ1n) is 8.11. The van der Waals surface area contributed by atoms with Gasteiger partial charge in [0.15, 0.2) is 0 Å². The number of amides is 1. The standard InChI is InChI=1S/C20H24N2OS/c1-6-10-16(8-3)22-19(23)17-11-9-12-21-18(17)24-20(22)15(7-2)13-14(4)5/h6-14,20H,2H2,1,3-5H3/b10-6-,15-13+,16-8+. The quantitative estimate of drug-likeness (QED) is 0.690. The second kappa shape index (κ2) is 8.15. The molecule has 0 N–H and O–H groups in total. The van der Waals surface area contributed by atoms with Crippen LogP contribution in [0.5, 0.6) is 0 Å². The van der Waals surface area contributed by atoms with E-state index in [9.17, 15) is 4.79 Å². The summed E-state index contributed by atoms with van der Waals surface area (Å²) in [7, 11) is 0. The van der Waals surface area contributed by atoms with E-state index in [4.69, 9.17) is 0 Å². The van der Waals surface area contributed by atoms with E-state index in [0.717, 1.165) is 16.3 Å². The minimum Gasteiger partial charge on any atom is -0.292 e.